The zero-order valence-electron chi connectivity index (χ0n) is 14.6. The van der Waals surface area contributed by atoms with Crippen LogP contribution in [-0.4, -0.2) is 24.0 Å². The Morgan fingerprint density at radius 3 is 1.78 bits per heavy atom. The first kappa shape index (κ1) is 15.0. The Kier molecular flexibility index (Phi) is 3.01. The summed E-state index contributed by atoms with van der Waals surface area (Å²) in [4.78, 5) is 9.51. The molecule has 2 aromatic carbocycles. The zero-order chi connectivity index (χ0) is 18.0. The molecule has 0 amide bonds. The van der Waals surface area contributed by atoms with Crippen LogP contribution in [0.1, 0.15) is 34.3 Å². The van der Waals surface area contributed by atoms with Crippen LogP contribution in [0.5, 0.6) is 0 Å². The van der Waals surface area contributed by atoms with E-state index >= 15 is 0 Å². The standard InChI is InChI=1S/C22H17N3O2/c23-11-16(21-24-19-14-7-3-1-5-12(14)9-17(19)26-21)22-25-20-15-8-4-2-6-13(15)10-18(20)27-22/h1-8,16-20H,9-10H2/t17-,18-,19-,20-/m1/s1. The first-order valence-corrected chi connectivity index (χ1v) is 9.36. The second kappa shape index (κ2) is 5.43. The monoisotopic (exact) mass is 355 g/mol. The van der Waals surface area contributed by atoms with Gasteiger partial charge in [0.2, 0.25) is 11.8 Å². The van der Waals surface area contributed by atoms with E-state index in [0.29, 0.717) is 11.8 Å². The number of aliphatic imine (C=N–C) groups is 2. The lowest BCUT2D eigenvalue weighted by molar-refractivity contribution is 0.187. The van der Waals surface area contributed by atoms with Crippen LogP contribution >= 0.6 is 0 Å². The van der Waals surface area contributed by atoms with Crippen LogP contribution in [-0.2, 0) is 22.3 Å². The maximum atomic E-state index is 9.79. The van der Waals surface area contributed by atoms with Gasteiger partial charge < -0.3 is 9.47 Å². The van der Waals surface area contributed by atoms with E-state index in [1.54, 1.807) is 0 Å². The second-order valence-corrected chi connectivity index (χ2v) is 7.50. The highest BCUT2D eigenvalue weighted by molar-refractivity contribution is 6.04. The van der Waals surface area contributed by atoms with E-state index in [-0.39, 0.29) is 24.3 Å². The van der Waals surface area contributed by atoms with Crippen molar-refractivity contribution in [3.05, 3.63) is 70.8 Å². The lowest BCUT2D eigenvalue weighted by Gasteiger charge is -2.14. The average molecular weight is 355 g/mol. The number of nitrogens with zero attached hydrogens (tertiary/aromatic N) is 3. The second-order valence-electron chi connectivity index (χ2n) is 7.50. The molecule has 2 aromatic rings. The molecule has 0 fully saturated rings. The SMILES string of the molecule is N#CC(C1=N[C@@H]2c3ccccc3C[C@H]2O1)C1=N[C@@H]2c3ccccc3C[C@H]2O1. The predicted octanol–water partition coefficient (Wildman–Crippen LogP) is 3.32. The van der Waals surface area contributed by atoms with Gasteiger partial charge in [-0.2, -0.15) is 5.26 Å². The van der Waals surface area contributed by atoms with E-state index in [9.17, 15) is 5.26 Å². The molecule has 2 aliphatic carbocycles. The molecule has 0 spiro atoms. The molecule has 27 heavy (non-hydrogen) atoms. The highest BCUT2D eigenvalue weighted by atomic mass is 16.5. The van der Waals surface area contributed by atoms with Crippen molar-refractivity contribution in [2.24, 2.45) is 15.9 Å². The lowest BCUT2D eigenvalue weighted by Crippen LogP contribution is -2.27. The molecule has 6 rings (SSSR count). The lowest BCUT2D eigenvalue weighted by atomic mass is 10.1. The zero-order valence-corrected chi connectivity index (χ0v) is 14.6. The molecule has 0 bridgehead atoms. The molecule has 2 heterocycles. The summed E-state index contributed by atoms with van der Waals surface area (Å²) in [5.41, 5.74) is 4.97. The largest absolute Gasteiger partial charge is 0.473 e. The summed E-state index contributed by atoms with van der Waals surface area (Å²) in [7, 11) is 0. The van der Waals surface area contributed by atoms with E-state index in [2.05, 4.69) is 30.3 Å². The van der Waals surface area contributed by atoms with Gasteiger partial charge in [0.15, 0.2) is 5.92 Å². The summed E-state index contributed by atoms with van der Waals surface area (Å²) in [6, 6.07) is 18.8. The number of benzene rings is 2. The van der Waals surface area contributed by atoms with Crippen LogP contribution in [0.3, 0.4) is 0 Å². The first-order valence-electron chi connectivity index (χ1n) is 9.36. The van der Waals surface area contributed by atoms with Crippen LogP contribution in [0.15, 0.2) is 58.5 Å². The fourth-order valence-corrected chi connectivity index (χ4v) is 4.74. The third-order valence-electron chi connectivity index (χ3n) is 5.99. The molecule has 2 aliphatic heterocycles. The van der Waals surface area contributed by atoms with Crippen molar-refractivity contribution in [3.63, 3.8) is 0 Å². The molecule has 5 nitrogen and oxygen atoms in total. The highest BCUT2D eigenvalue weighted by Crippen LogP contribution is 2.43. The number of rotatable bonds is 2. The summed E-state index contributed by atoms with van der Waals surface area (Å²) in [5.74, 6) is 0.239. The third-order valence-corrected chi connectivity index (χ3v) is 5.99. The minimum absolute atomic E-state index is 0.0181. The minimum Gasteiger partial charge on any atom is -0.473 e. The van der Waals surface area contributed by atoms with Gasteiger partial charge in [0.1, 0.15) is 24.3 Å². The molecule has 0 saturated heterocycles. The topological polar surface area (TPSA) is 67.0 Å². The van der Waals surface area contributed by atoms with Gasteiger partial charge in [-0.15, -0.1) is 0 Å². The molecule has 0 saturated carbocycles. The molecule has 132 valence electrons. The fourth-order valence-electron chi connectivity index (χ4n) is 4.74. The van der Waals surface area contributed by atoms with Crippen molar-refractivity contribution in [1.82, 2.24) is 0 Å². The Labute approximate surface area is 157 Å². The number of ether oxygens (including phenoxy) is 2. The van der Waals surface area contributed by atoms with Crippen LogP contribution < -0.4 is 0 Å². The molecular formula is C22H17N3O2. The van der Waals surface area contributed by atoms with Crippen LogP contribution in [0, 0.1) is 17.2 Å². The smallest absolute Gasteiger partial charge is 0.211 e. The first-order chi connectivity index (χ1) is 13.3. The summed E-state index contributed by atoms with van der Waals surface area (Å²) in [5, 5.41) is 9.79. The number of hydrogen-bond donors (Lipinski definition) is 0. The van der Waals surface area contributed by atoms with E-state index in [1.165, 1.54) is 22.3 Å². The molecule has 0 unspecified atom stereocenters. The Balaban J connectivity index is 1.31. The predicted molar refractivity (Wildman–Crippen MR) is 99.5 cm³/mol. The maximum absolute atomic E-state index is 9.79. The molecule has 4 aliphatic rings. The van der Waals surface area contributed by atoms with Gasteiger partial charge in [0.25, 0.3) is 0 Å². The normalized spacial score (nSPS) is 29.0. The Hall–Kier alpha value is -3.13. The Morgan fingerprint density at radius 1 is 0.815 bits per heavy atom. The van der Waals surface area contributed by atoms with Gasteiger partial charge in [-0.05, 0) is 22.3 Å². The maximum Gasteiger partial charge on any atom is 0.211 e. The van der Waals surface area contributed by atoms with Gasteiger partial charge in [0.05, 0.1) is 6.07 Å². The van der Waals surface area contributed by atoms with Gasteiger partial charge in [-0.25, -0.2) is 9.98 Å². The highest BCUT2D eigenvalue weighted by Gasteiger charge is 2.46. The summed E-state index contributed by atoms with van der Waals surface area (Å²) in [6.45, 7) is 0. The quantitative estimate of drug-likeness (QED) is 0.830. The fraction of sp³-hybridized carbons (Fsp3) is 0.318. The molecule has 0 aromatic heterocycles. The van der Waals surface area contributed by atoms with Gasteiger partial charge in [0, 0.05) is 12.8 Å². The number of hydrogen-bond acceptors (Lipinski definition) is 5. The minimum atomic E-state index is -0.666. The van der Waals surface area contributed by atoms with E-state index < -0.39 is 5.92 Å². The van der Waals surface area contributed by atoms with E-state index in [1.807, 2.05) is 24.3 Å². The van der Waals surface area contributed by atoms with Crippen LogP contribution in [0.2, 0.25) is 0 Å². The van der Waals surface area contributed by atoms with E-state index in [4.69, 9.17) is 19.5 Å². The van der Waals surface area contributed by atoms with Crippen molar-refractivity contribution < 1.29 is 9.47 Å². The number of fused-ring (bicyclic) bond motifs is 6. The summed E-state index contributed by atoms with van der Waals surface area (Å²) < 4.78 is 12.2. The van der Waals surface area contributed by atoms with Gasteiger partial charge in [-0.3, -0.25) is 0 Å². The molecule has 5 heteroatoms. The van der Waals surface area contributed by atoms with Crippen LogP contribution in [0.25, 0.3) is 0 Å². The Bertz CT molecular complexity index is 974. The summed E-state index contributed by atoms with van der Waals surface area (Å²) >= 11 is 0. The average Bonchev–Trinajstić information content (AvgIpc) is 3.41. The van der Waals surface area contributed by atoms with Crippen molar-refractivity contribution in [1.29, 1.82) is 5.26 Å². The van der Waals surface area contributed by atoms with Crippen molar-refractivity contribution >= 4 is 11.8 Å². The molecular weight excluding hydrogens is 338 g/mol. The Morgan fingerprint density at radius 2 is 1.30 bits per heavy atom. The van der Waals surface area contributed by atoms with Crippen molar-refractivity contribution in [2.45, 2.75) is 37.1 Å². The van der Waals surface area contributed by atoms with Crippen molar-refractivity contribution in [3.8, 4) is 6.07 Å². The molecule has 0 radical (unpaired) electrons. The summed E-state index contributed by atoms with van der Waals surface area (Å²) in [6.07, 6.45) is 1.63. The molecule has 0 N–H and O–H groups in total. The van der Waals surface area contributed by atoms with Gasteiger partial charge in [-0.1, -0.05) is 48.5 Å². The van der Waals surface area contributed by atoms with Crippen LogP contribution in [0.4, 0.5) is 0 Å². The van der Waals surface area contributed by atoms with Gasteiger partial charge >= 0.3 is 0 Å². The third kappa shape index (κ3) is 2.10. The molecule has 4 atom stereocenters. The van der Waals surface area contributed by atoms with Crippen molar-refractivity contribution in [2.75, 3.05) is 0 Å². The number of nitriles is 1. The van der Waals surface area contributed by atoms with E-state index in [0.717, 1.165) is 12.8 Å².